The van der Waals surface area contributed by atoms with Gasteiger partial charge in [-0.15, -0.1) is 0 Å². The minimum atomic E-state index is 0.0463. The van der Waals surface area contributed by atoms with Crippen molar-refractivity contribution in [3.63, 3.8) is 0 Å². The average molecular weight is 168 g/mol. The van der Waals surface area contributed by atoms with Crippen LogP contribution in [0.2, 0.25) is 0 Å². The van der Waals surface area contributed by atoms with E-state index < -0.39 is 0 Å². The zero-order valence-corrected chi connectivity index (χ0v) is 7.04. The normalized spacial score (nSPS) is 20.4. The van der Waals surface area contributed by atoms with Crippen molar-refractivity contribution in [2.45, 2.75) is 18.8 Å². The van der Waals surface area contributed by atoms with Gasteiger partial charge in [0.1, 0.15) is 5.76 Å². The van der Waals surface area contributed by atoms with Gasteiger partial charge in [0.25, 0.3) is 0 Å². The maximum atomic E-state index is 5.46. The minimum Gasteiger partial charge on any atom is -0.381 e. The molecule has 0 spiro atoms. The lowest BCUT2D eigenvalue weighted by Gasteiger charge is -2.38. The van der Waals surface area contributed by atoms with Crippen molar-refractivity contribution < 1.29 is 9.26 Å². The van der Waals surface area contributed by atoms with E-state index in [0.717, 1.165) is 25.4 Å². The molecule has 1 aliphatic rings. The van der Waals surface area contributed by atoms with Gasteiger partial charge in [-0.2, -0.15) is 0 Å². The molecule has 0 aromatic carbocycles. The van der Waals surface area contributed by atoms with Crippen LogP contribution >= 0.6 is 0 Å². The summed E-state index contributed by atoms with van der Waals surface area (Å²) in [7, 11) is 0. The molecule has 0 unspecified atom stereocenters. The molecule has 0 bridgehead atoms. The molecule has 1 fully saturated rings. The SMILES string of the molecule is CCC1(c2cc(N)no2)COC1. The van der Waals surface area contributed by atoms with Gasteiger partial charge in [0, 0.05) is 6.07 Å². The molecule has 0 radical (unpaired) electrons. The Balaban J connectivity index is 2.27. The highest BCUT2D eigenvalue weighted by molar-refractivity contribution is 5.31. The molecule has 1 aliphatic heterocycles. The van der Waals surface area contributed by atoms with E-state index in [-0.39, 0.29) is 5.41 Å². The number of rotatable bonds is 2. The summed E-state index contributed by atoms with van der Waals surface area (Å²) in [6.45, 7) is 3.55. The van der Waals surface area contributed by atoms with E-state index in [1.807, 2.05) is 0 Å². The Kier molecular flexibility index (Phi) is 1.58. The third kappa shape index (κ3) is 0.914. The maximum Gasteiger partial charge on any atom is 0.167 e. The molecule has 0 atom stereocenters. The smallest absolute Gasteiger partial charge is 0.167 e. The standard InChI is InChI=1S/C8H12N2O2/c1-2-8(4-11-5-8)6-3-7(9)10-12-6/h3H,2,4-5H2,1H3,(H2,9,10). The molecule has 2 rings (SSSR count). The highest BCUT2D eigenvalue weighted by Crippen LogP contribution is 2.35. The van der Waals surface area contributed by atoms with Crippen LogP contribution in [0, 0.1) is 0 Å². The van der Waals surface area contributed by atoms with Crippen LogP contribution in [0.1, 0.15) is 19.1 Å². The molecule has 0 saturated carbocycles. The predicted molar refractivity (Wildman–Crippen MR) is 43.7 cm³/mol. The number of ether oxygens (including phenoxy) is 1. The van der Waals surface area contributed by atoms with Gasteiger partial charge in [-0.25, -0.2) is 0 Å². The maximum absolute atomic E-state index is 5.46. The van der Waals surface area contributed by atoms with Gasteiger partial charge in [0.05, 0.1) is 18.6 Å². The van der Waals surface area contributed by atoms with Crippen LogP contribution in [0.15, 0.2) is 10.6 Å². The van der Waals surface area contributed by atoms with Gasteiger partial charge < -0.3 is 15.0 Å². The monoisotopic (exact) mass is 168 g/mol. The second kappa shape index (κ2) is 2.48. The predicted octanol–water partition coefficient (Wildman–Crippen LogP) is 0.935. The number of hydrogen-bond acceptors (Lipinski definition) is 4. The summed E-state index contributed by atoms with van der Waals surface area (Å²) in [5.41, 5.74) is 5.51. The first-order valence-electron chi connectivity index (χ1n) is 4.07. The summed E-state index contributed by atoms with van der Waals surface area (Å²) in [5, 5.41) is 3.66. The Bertz CT molecular complexity index is 273. The Morgan fingerprint density at radius 3 is 2.75 bits per heavy atom. The van der Waals surface area contributed by atoms with Crippen molar-refractivity contribution in [2.24, 2.45) is 0 Å². The summed E-state index contributed by atoms with van der Waals surface area (Å²) in [5.74, 6) is 1.30. The van der Waals surface area contributed by atoms with E-state index in [1.165, 1.54) is 0 Å². The third-order valence-corrected chi connectivity index (χ3v) is 2.48. The molecule has 1 aromatic rings. The van der Waals surface area contributed by atoms with Gasteiger partial charge >= 0.3 is 0 Å². The molecule has 0 aliphatic carbocycles. The largest absolute Gasteiger partial charge is 0.381 e. The van der Waals surface area contributed by atoms with Gasteiger partial charge in [-0.1, -0.05) is 12.1 Å². The summed E-state index contributed by atoms with van der Waals surface area (Å²) in [4.78, 5) is 0. The van der Waals surface area contributed by atoms with Gasteiger partial charge in [0.2, 0.25) is 0 Å². The molecule has 1 saturated heterocycles. The van der Waals surface area contributed by atoms with Crippen molar-refractivity contribution in [1.29, 1.82) is 0 Å². The number of hydrogen-bond donors (Lipinski definition) is 1. The van der Waals surface area contributed by atoms with Crippen LogP contribution in [0.3, 0.4) is 0 Å². The second-order valence-corrected chi connectivity index (χ2v) is 3.24. The van der Waals surface area contributed by atoms with Crippen molar-refractivity contribution in [3.05, 3.63) is 11.8 Å². The summed E-state index contributed by atoms with van der Waals surface area (Å²) in [6, 6.07) is 1.78. The van der Waals surface area contributed by atoms with Crippen LogP contribution in [0.4, 0.5) is 5.82 Å². The van der Waals surface area contributed by atoms with Crippen LogP contribution in [-0.2, 0) is 10.2 Å². The quantitative estimate of drug-likeness (QED) is 0.713. The van der Waals surface area contributed by atoms with Crippen molar-refractivity contribution in [1.82, 2.24) is 5.16 Å². The fraction of sp³-hybridized carbons (Fsp3) is 0.625. The lowest BCUT2D eigenvalue weighted by Crippen LogP contribution is -2.45. The third-order valence-electron chi connectivity index (χ3n) is 2.48. The topological polar surface area (TPSA) is 61.3 Å². The molecule has 12 heavy (non-hydrogen) atoms. The molecule has 2 heterocycles. The van der Waals surface area contributed by atoms with Gasteiger partial charge in [-0.05, 0) is 6.42 Å². The van der Waals surface area contributed by atoms with E-state index in [9.17, 15) is 0 Å². The summed E-state index contributed by atoms with van der Waals surface area (Å²) >= 11 is 0. The van der Waals surface area contributed by atoms with Crippen LogP contribution < -0.4 is 5.73 Å². The Hall–Kier alpha value is -1.03. The summed E-state index contributed by atoms with van der Waals surface area (Å²) in [6.07, 6.45) is 1.00. The molecular weight excluding hydrogens is 156 g/mol. The fourth-order valence-corrected chi connectivity index (χ4v) is 1.41. The molecule has 4 heteroatoms. The van der Waals surface area contributed by atoms with E-state index in [4.69, 9.17) is 15.0 Å². The van der Waals surface area contributed by atoms with Gasteiger partial charge in [0.15, 0.2) is 5.82 Å². The van der Waals surface area contributed by atoms with Gasteiger partial charge in [-0.3, -0.25) is 0 Å². The second-order valence-electron chi connectivity index (χ2n) is 3.24. The van der Waals surface area contributed by atoms with Crippen molar-refractivity contribution >= 4 is 5.82 Å². The summed E-state index contributed by atoms with van der Waals surface area (Å²) < 4.78 is 10.3. The Morgan fingerprint density at radius 2 is 2.42 bits per heavy atom. The Morgan fingerprint density at radius 1 is 1.67 bits per heavy atom. The number of aromatic nitrogens is 1. The lowest BCUT2D eigenvalue weighted by atomic mass is 9.81. The van der Waals surface area contributed by atoms with Crippen LogP contribution in [0.25, 0.3) is 0 Å². The molecular formula is C8H12N2O2. The fourth-order valence-electron chi connectivity index (χ4n) is 1.41. The number of nitrogen functional groups attached to an aromatic ring is 1. The first kappa shape index (κ1) is 7.61. The Labute approximate surface area is 70.7 Å². The van der Waals surface area contributed by atoms with Crippen LogP contribution in [0.5, 0.6) is 0 Å². The number of anilines is 1. The highest BCUT2D eigenvalue weighted by Gasteiger charge is 2.42. The number of nitrogens with zero attached hydrogens (tertiary/aromatic N) is 1. The molecule has 66 valence electrons. The van der Waals surface area contributed by atoms with E-state index >= 15 is 0 Å². The molecule has 2 N–H and O–H groups in total. The zero-order valence-electron chi connectivity index (χ0n) is 7.04. The lowest BCUT2D eigenvalue weighted by molar-refractivity contribution is -0.0739. The molecule has 4 nitrogen and oxygen atoms in total. The van der Waals surface area contributed by atoms with E-state index in [2.05, 4.69) is 12.1 Å². The highest BCUT2D eigenvalue weighted by atomic mass is 16.5. The molecule has 0 amide bonds. The zero-order chi connectivity index (χ0) is 8.60. The van der Waals surface area contributed by atoms with E-state index in [1.54, 1.807) is 6.07 Å². The number of nitrogens with two attached hydrogens (primary N) is 1. The van der Waals surface area contributed by atoms with Crippen LogP contribution in [-0.4, -0.2) is 18.4 Å². The van der Waals surface area contributed by atoms with E-state index in [0.29, 0.717) is 5.82 Å². The molecule has 1 aromatic heterocycles. The minimum absolute atomic E-state index is 0.0463. The average Bonchev–Trinajstić information content (AvgIpc) is 2.35. The first-order valence-corrected chi connectivity index (χ1v) is 4.07. The first-order chi connectivity index (χ1) is 5.77. The van der Waals surface area contributed by atoms with Crippen molar-refractivity contribution in [2.75, 3.05) is 18.9 Å². The van der Waals surface area contributed by atoms with Crippen molar-refractivity contribution in [3.8, 4) is 0 Å².